The number of anilines is 3. The fourth-order valence-electron chi connectivity index (χ4n) is 2.88. The van der Waals surface area contributed by atoms with Crippen LogP contribution in [0.2, 0.25) is 0 Å². The van der Waals surface area contributed by atoms with Gasteiger partial charge in [-0.3, -0.25) is 13.4 Å². The summed E-state index contributed by atoms with van der Waals surface area (Å²) in [5.74, 6) is -0.510. The molecule has 1 aliphatic heterocycles. The molecular weight excluding hydrogens is 345 g/mol. The number of nitrogens with zero attached hydrogens (tertiary/aromatic N) is 2. The van der Waals surface area contributed by atoms with E-state index in [2.05, 4.69) is 5.32 Å². The van der Waals surface area contributed by atoms with Gasteiger partial charge in [0.1, 0.15) is 11.5 Å². The average Bonchev–Trinajstić information content (AvgIpc) is 2.82. The second-order valence-electron chi connectivity index (χ2n) is 5.65. The normalized spacial score (nSPS) is 16.8. The predicted octanol–water partition coefficient (Wildman–Crippen LogP) is 3.34. The van der Waals surface area contributed by atoms with Gasteiger partial charge in [0, 0.05) is 13.1 Å². The van der Waals surface area contributed by atoms with Crippen molar-refractivity contribution in [2.24, 2.45) is 0 Å². The van der Waals surface area contributed by atoms with Crippen LogP contribution in [0.15, 0.2) is 48.5 Å². The highest BCUT2D eigenvalue weighted by Gasteiger charge is 2.42. The summed E-state index contributed by atoms with van der Waals surface area (Å²) in [5.41, 5.74) is 1.36. The molecule has 8 heteroatoms. The molecule has 0 bridgehead atoms. The zero-order valence-electron chi connectivity index (χ0n) is 13.7. The van der Waals surface area contributed by atoms with E-state index in [0.717, 1.165) is 0 Å². The van der Waals surface area contributed by atoms with E-state index in [9.17, 15) is 13.5 Å². The fraction of sp³-hybridized carbons (Fsp3) is 0.294. The maximum atomic E-state index is 14.3. The van der Waals surface area contributed by atoms with Crippen molar-refractivity contribution in [2.45, 2.75) is 6.42 Å². The zero-order chi connectivity index (χ0) is 17.9. The molecule has 2 aromatic carbocycles. The molecule has 136 valence electrons. The molecule has 1 aliphatic rings. The highest BCUT2D eigenvalue weighted by atomic mass is 32.3. The van der Waals surface area contributed by atoms with Gasteiger partial charge in [-0.1, -0.05) is 24.3 Å². The molecule has 0 radical (unpaired) electrons. The molecule has 0 amide bonds. The Bertz CT molecular complexity index is 732. The Morgan fingerprint density at radius 2 is 1.56 bits per heavy atom. The Hall–Kier alpha value is -1.84. The second-order valence-corrected chi connectivity index (χ2v) is 7.44. The summed E-state index contributed by atoms with van der Waals surface area (Å²) in [6.45, 7) is 1.58. The van der Waals surface area contributed by atoms with Crippen LogP contribution < -0.4 is 13.9 Å². The molecule has 2 aromatic rings. The Kier molecular flexibility index (Phi) is 5.45. The summed E-state index contributed by atoms with van der Waals surface area (Å²) in [4.78, 5) is 0. The lowest BCUT2D eigenvalue weighted by molar-refractivity contribution is 0.292. The lowest BCUT2D eigenvalue weighted by Gasteiger charge is -2.43. The van der Waals surface area contributed by atoms with Crippen molar-refractivity contribution in [1.29, 1.82) is 0 Å². The third kappa shape index (κ3) is 3.44. The zero-order valence-corrected chi connectivity index (χ0v) is 14.5. The summed E-state index contributed by atoms with van der Waals surface area (Å²) < 4.78 is 38.9. The van der Waals surface area contributed by atoms with Gasteiger partial charge in [0.25, 0.3) is 0 Å². The summed E-state index contributed by atoms with van der Waals surface area (Å²) in [7, 11) is -3.41. The number of nitrogens with one attached hydrogen (secondary N) is 1. The quantitative estimate of drug-likeness (QED) is 0.562. The number of rotatable bonds is 7. The summed E-state index contributed by atoms with van der Waals surface area (Å²) in [5, 5.41) is 11.8. The van der Waals surface area contributed by atoms with Crippen molar-refractivity contribution in [1.82, 2.24) is 5.32 Å². The Morgan fingerprint density at radius 3 is 2.24 bits per heavy atom. The highest BCUT2D eigenvalue weighted by Crippen LogP contribution is 2.64. The standard InChI is InChI=1S/C17H22FN3O3S/c18-14-6-1-2-7-15(14)21-17-9-4-3-8-16(17)20(25(21,23)24)12-5-10-19-11-13-22/h1-4,6-9,19,22-24H,5,10-13H2. The van der Waals surface area contributed by atoms with Crippen molar-refractivity contribution in [3.63, 3.8) is 0 Å². The first-order valence-electron chi connectivity index (χ1n) is 8.08. The first-order valence-corrected chi connectivity index (χ1v) is 9.54. The molecule has 0 fully saturated rings. The molecule has 0 aliphatic carbocycles. The summed E-state index contributed by atoms with van der Waals surface area (Å²) in [6.07, 6.45) is 0.648. The van der Waals surface area contributed by atoms with E-state index in [1.165, 1.54) is 20.7 Å². The largest absolute Gasteiger partial charge is 0.395 e. The SMILES string of the molecule is OCCNCCCN1c2ccccc2N(c2ccccc2F)S1(O)O. The van der Waals surface area contributed by atoms with E-state index in [1.807, 2.05) is 6.07 Å². The molecule has 3 rings (SSSR count). The molecule has 0 spiro atoms. The third-order valence-electron chi connectivity index (χ3n) is 3.98. The van der Waals surface area contributed by atoms with Crippen molar-refractivity contribution < 1.29 is 18.6 Å². The minimum atomic E-state index is -3.41. The maximum absolute atomic E-state index is 14.3. The van der Waals surface area contributed by atoms with Gasteiger partial charge in [-0.05, 0) is 48.2 Å². The summed E-state index contributed by atoms with van der Waals surface area (Å²) in [6, 6.07) is 13.2. The van der Waals surface area contributed by atoms with E-state index in [0.29, 0.717) is 37.4 Å². The molecule has 0 saturated carbocycles. The molecule has 6 nitrogen and oxygen atoms in total. The second kappa shape index (κ2) is 7.59. The van der Waals surface area contributed by atoms with E-state index < -0.39 is 16.8 Å². The maximum Gasteiger partial charge on any atom is 0.148 e. The number of para-hydroxylation sites is 3. The summed E-state index contributed by atoms with van der Waals surface area (Å²) >= 11 is 0. The van der Waals surface area contributed by atoms with E-state index in [4.69, 9.17) is 5.11 Å². The number of fused-ring (bicyclic) bond motifs is 1. The van der Waals surface area contributed by atoms with Gasteiger partial charge in [0.05, 0.1) is 18.0 Å². The number of hydrogen-bond donors (Lipinski definition) is 4. The number of aliphatic hydroxyl groups excluding tert-OH is 1. The Labute approximate surface area is 148 Å². The first kappa shape index (κ1) is 18.0. The predicted molar refractivity (Wildman–Crippen MR) is 99.7 cm³/mol. The molecule has 25 heavy (non-hydrogen) atoms. The van der Waals surface area contributed by atoms with Gasteiger partial charge < -0.3 is 10.4 Å². The molecule has 1 heterocycles. The van der Waals surface area contributed by atoms with Crippen LogP contribution in [0.3, 0.4) is 0 Å². The molecule has 0 aromatic heterocycles. The molecule has 4 N–H and O–H groups in total. The lowest BCUT2D eigenvalue weighted by atomic mass is 10.2. The highest BCUT2D eigenvalue weighted by molar-refractivity contribution is 8.27. The Balaban J connectivity index is 1.90. The van der Waals surface area contributed by atoms with E-state index in [-0.39, 0.29) is 12.3 Å². The van der Waals surface area contributed by atoms with Crippen LogP contribution in [0.4, 0.5) is 21.5 Å². The minimum Gasteiger partial charge on any atom is -0.395 e. The fourth-order valence-corrected chi connectivity index (χ4v) is 4.70. The molecular formula is C17H22FN3O3S. The monoisotopic (exact) mass is 367 g/mol. The van der Waals surface area contributed by atoms with Crippen molar-refractivity contribution in [3.05, 3.63) is 54.3 Å². The number of halogens is 1. The Morgan fingerprint density at radius 1 is 0.920 bits per heavy atom. The van der Waals surface area contributed by atoms with E-state index in [1.54, 1.807) is 30.3 Å². The van der Waals surface area contributed by atoms with Gasteiger partial charge >= 0.3 is 0 Å². The van der Waals surface area contributed by atoms with Crippen LogP contribution in [0.5, 0.6) is 0 Å². The van der Waals surface area contributed by atoms with Gasteiger partial charge in [0.2, 0.25) is 0 Å². The van der Waals surface area contributed by atoms with Crippen LogP contribution in [0.1, 0.15) is 6.42 Å². The minimum absolute atomic E-state index is 0.0583. The van der Waals surface area contributed by atoms with E-state index >= 15 is 0 Å². The number of aliphatic hydroxyl groups is 1. The molecule has 0 saturated heterocycles. The van der Waals surface area contributed by atoms with Crippen molar-refractivity contribution in [3.8, 4) is 0 Å². The lowest BCUT2D eigenvalue weighted by Crippen LogP contribution is -2.33. The topological polar surface area (TPSA) is 79.2 Å². The number of benzene rings is 2. The van der Waals surface area contributed by atoms with Gasteiger partial charge in [-0.15, -0.1) is 0 Å². The smallest absolute Gasteiger partial charge is 0.148 e. The number of hydrogen-bond acceptors (Lipinski definition) is 6. The van der Waals surface area contributed by atoms with Gasteiger partial charge in [0.15, 0.2) is 0 Å². The van der Waals surface area contributed by atoms with Crippen LogP contribution in [0.25, 0.3) is 0 Å². The van der Waals surface area contributed by atoms with Gasteiger partial charge in [-0.25, -0.2) is 8.70 Å². The first-order chi connectivity index (χ1) is 12.1. The van der Waals surface area contributed by atoms with Gasteiger partial charge in [-0.2, -0.15) is 0 Å². The van der Waals surface area contributed by atoms with Crippen LogP contribution in [-0.4, -0.2) is 40.5 Å². The van der Waals surface area contributed by atoms with Crippen LogP contribution in [0, 0.1) is 5.82 Å². The molecule has 0 atom stereocenters. The van der Waals surface area contributed by atoms with Crippen LogP contribution in [-0.2, 0) is 0 Å². The van der Waals surface area contributed by atoms with Crippen molar-refractivity contribution >= 4 is 28.0 Å². The third-order valence-corrected chi connectivity index (χ3v) is 5.84. The van der Waals surface area contributed by atoms with Crippen LogP contribution >= 0.6 is 11.0 Å². The van der Waals surface area contributed by atoms with Crippen molar-refractivity contribution in [2.75, 3.05) is 34.9 Å². The average molecular weight is 367 g/mol. The molecule has 0 unspecified atom stereocenters.